The minimum Gasteiger partial charge on any atom is -0.484 e. The third-order valence-electron chi connectivity index (χ3n) is 5.37. The van der Waals surface area contributed by atoms with Crippen LogP contribution in [0.15, 0.2) is 42.5 Å². The van der Waals surface area contributed by atoms with Gasteiger partial charge >= 0.3 is 0 Å². The maximum atomic E-state index is 12.1. The average molecular weight is 412 g/mol. The molecule has 154 valence electrons. The number of anilines is 1. The van der Waals surface area contributed by atoms with Gasteiger partial charge in [-0.1, -0.05) is 25.2 Å². The molecule has 29 heavy (non-hydrogen) atoms. The summed E-state index contributed by atoms with van der Waals surface area (Å²) < 4.78 is 5.63. The Bertz CT molecular complexity index is 859. The second kappa shape index (κ2) is 9.85. The Kier molecular flexibility index (Phi) is 7.23. The summed E-state index contributed by atoms with van der Waals surface area (Å²) in [5, 5.41) is 2.87. The minimum absolute atomic E-state index is 0.0320. The van der Waals surface area contributed by atoms with Crippen LogP contribution in [-0.4, -0.2) is 60.0 Å². The van der Waals surface area contributed by atoms with Crippen molar-refractivity contribution in [2.24, 2.45) is 0 Å². The second-order valence-electron chi connectivity index (χ2n) is 7.39. The van der Waals surface area contributed by atoms with Crippen LogP contribution in [0, 0.1) is 13.8 Å². The fraction of sp³-hybridized carbons (Fsp3) is 0.391. The van der Waals surface area contributed by atoms with Gasteiger partial charge in [0.25, 0.3) is 5.91 Å². The van der Waals surface area contributed by atoms with Gasteiger partial charge < -0.3 is 19.9 Å². The number of likely N-dealkylation sites (N-methyl/N-ethyl adjacent to an activating group) is 1. The van der Waals surface area contributed by atoms with Crippen LogP contribution in [0.25, 0.3) is 0 Å². The van der Waals surface area contributed by atoms with Gasteiger partial charge in [0.15, 0.2) is 6.61 Å². The molecule has 3 rings (SSSR count). The molecule has 0 radical (unpaired) electrons. The molecule has 1 saturated heterocycles. The lowest BCUT2D eigenvalue weighted by Gasteiger charge is -2.35. The van der Waals surface area contributed by atoms with E-state index in [2.05, 4.69) is 22.0 Å². The molecule has 6 heteroatoms. The highest BCUT2D eigenvalue weighted by Crippen LogP contribution is 2.17. The second-order valence-corrected chi connectivity index (χ2v) is 7.77. The predicted octanol–water partition coefficient (Wildman–Crippen LogP) is 3.63. The zero-order valence-electron chi connectivity index (χ0n) is 17.4. The van der Waals surface area contributed by atoms with Crippen LogP contribution in [0.4, 0.5) is 5.69 Å². The van der Waals surface area contributed by atoms with E-state index in [0.717, 1.165) is 54.5 Å². The number of hydrogen-bond donors (Lipinski definition) is 1. The summed E-state index contributed by atoms with van der Waals surface area (Å²) >= 11 is 5.66. The lowest BCUT2D eigenvalue weighted by Crippen LogP contribution is -2.48. The van der Waals surface area contributed by atoms with Gasteiger partial charge in [-0.3, -0.25) is 4.79 Å². The Morgan fingerprint density at radius 3 is 2.34 bits per heavy atom. The number of hydrogen-bond acceptors (Lipinski definition) is 4. The number of aryl methyl sites for hydroxylation is 2. The van der Waals surface area contributed by atoms with E-state index in [1.54, 1.807) is 0 Å². The van der Waals surface area contributed by atoms with E-state index in [0.29, 0.717) is 5.75 Å². The summed E-state index contributed by atoms with van der Waals surface area (Å²) in [6, 6.07) is 13.5. The largest absolute Gasteiger partial charge is 0.484 e. The molecule has 5 nitrogen and oxygen atoms in total. The van der Waals surface area contributed by atoms with E-state index in [4.69, 9.17) is 17.0 Å². The molecule has 0 aliphatic carbocycles. The molecule has 0 unspecified atom stereocenters. The molecule has 0 saturated carbocycles. The molecule has 0 bridgehead atoms. The standard InChI is InChI=1S/C23H29N3O2S/c1-4-25-11-13-26(14-12-25)23(29)19-6-9-21(10-7-19)28-16-22(27)24-20-8-5-17(2)18(3)15-20/h5-10,15H,4,11-14,16H2,1-3H3,(H,24,27). The number of carbonyl (C=O) groups excluding carboxylic acids is 1. The number of amides is 1. The first-order chi connectivity index (χ1) is 14.0. The predicted molar refractivity (Wildman–Crippen MR) is 122 cm³/mol. The first kappa shape index (κ1) is 21.3. The van der Waals surface area contributed by atoms with Gasteiger partial charge in [-0.2, -0.15) is 0 Å². The van der Waals surface area contributed by atoms with Crippen molar-refractivity contribution in [1.82, 2.24) is 9.80 Å². The van der Waals surface area contributed by atoms with Crippen molar-refractivity contribution < 1.29 is 9.53 Å². The Morgan fingerprint density at radius 1 is 1.03 bits per heavy atom. The van der Waals surface area contributed by atoms with Crippen molar-refractivity contribution in [1.29, 1.82) is 0 Å². The third-order valence-corrected chi connectivity index (χ3v) is 5.86. The third kappa shape index (κ3) is 5.78. The van der Waals surface area contributed by atoms with Gasteiger partial charge in [-0.05, 0) is 67.9 Å². The van der Waals surface area contributed by atoms with Crippen LogP contribution in [0.3, 0.4) is 0 Å². The summed E-state index contributed by atoms with van der Waals surface area (Å²) in [5.41, 5.74) is 4.14. The first-order valence-corrected chi connectivity index (χ1v) is 10.5. The van der Waals surface area contributed by atoms with Crippen molar-refractivity contribution in [3.63, 3.8) is 0 Å². The number of carbonyl (C=O) groups is 1. The van der Waals surface area contributed by atoms with E-state index >= 15 is 0 Å². The average Bonchev–Trinajstić information content (AvgIpc) is 2.75. The molecule has 2 aromatic rings. The molecule has 1 heterocycles. The normalized spacial score (nSPS) is 14.5. The van der Waals surface area contributed by atoms with E-state index in [9.17, 15) is 4.79 Å². The summed E-state index contributed by atoms with van der Waals surface area (Å²) in [5.74, 6) is 0.476. The molecule has 0 spiro atoms. The monoisotopic (exact) mass is 411 g/mol. The number of ether oxygens (including phenoxy) is 1. The van der Waals surface area contributed by atoms with Crippen molar-refractivity contribution in [3.05, 3.63) is 59.2 Å². The maximum Gasteiger partial charge on any atom is 0.262 e. The van der Waals surface area contributed by atoms with Gasteiger partial charge in [0.2, 0.25) is 0 Å². The van der Waals surface area contributed by atoms with Gasteiger partial charge in [0, 0.05) is 37.4 Å². The molecule has 1 amide bonds. The van der Waals surface area contributed by atoms with E-state index in [1.807, 2.05) is 56.3 Å². The number of nitrogens with zero attached hydrogens (tertiary/aromatic N) is 2. The lowest BCUT2D eigenvalue weighted by atomic mass is 10.1. The first-order valence-electron chi connectivity index (χ1n) is 10.1. The molecule has 1 aliphatic rings. The van der Waals surface area contributed by atoms with Crippen molar-refractivity contribution in [2.75, 3.05) is 44.6 Å². The number of nitrogens with one attached hydrogen (secondary N) is 1. The molecule has 1 N–H and O–H groups in total. The summed E-state index contributed by atoms with van der Waals surface area (Å²) in [6.45, 7) is 11.3. The Balaban J connectivity index is 1.49. The van der Waals surface area contributed by atoms with Crippen LogP contribution in [0.1, 0.15) is 23.6 Å². The molecule has 1 aliphatic heterocycles. The highest BCUT2D eigenvalue weighted by Gasteiger charge is 2.18. The summed E-state index contributed by atoms with van der Waals surface area (Å²) in [4.78, 5) is 17.7. The number of piperazine rings is 1. The molecule has 1 fully saturated rings. The van der Waals surface area contributed by atoms with Crippen molar-refractivity contribution >= 4 is 28.8 Å². The van der Waals surface area contributed by atoms with E-state index in [1.165, 1.54) is 5.56 Å². The van der Waals surface area contributed by atoms with Gasteiger partial charge in [0.1, 0.15) is 10.7 Å². The number of rotatable bonds is 6. The fourth-order valence-electron chi connectivity index (χ4n) is 3.31. The minimum atomic E-state index is -0.179. The highest BCUT2D eigenvalue weighted by molar-refractivity contribution is 7.80. The smallest absolute Gasteiger partial charge is 0.262 e. The SMILES string of the molecule is CCN1CCN(C(=S)c2ccc(OCC(=O)Nc3ccc(C)c(C)c3)cc2)CC1. The van der Waals surface area contributed by atoms with E-state index in [-0.39, 0.29) is 12.5 Å². The van der Waals surface area contributed by atoms with E-state index < -0.39 is 0 Å². The number of thiocarbonyl (C=S) groups is 1. The quantitative estimate of drug-likeness (QED) is 0.736. The molecule has 0 atom stereocenters. The Hall–Kier alpha value is -2.44. The maximum absolute atomic E-state index is 12.1. The van der Waals surface area contributed by atoms with Crippen LogP contribution in [0.2, 0.25) is 0 Å². The lowest BCUT2D eigenvalue weighted by molar-refractivity contribution is -0.118. The van der Waals surface area contributed by atoms with Crippen LogP contribution >= 0.6 is 12.2 Å². The van der Waals surface area contributed by atoms with Crippen LogP contribution in [0.5, 0.6) is 5.75 Å². The Morgan fingerprint density at radius 2 is 1.72 bits per heavy atom. The topological polar surface area (TPSA) is 44.8 Å². The van der Waals surface area contributed by atoms with Gasteiger partial charge in [-0.15, -0.1) is 0 Å². The highest BCUT2D eigenvalue weighted by atomic mass is 32.1. The zero-order chi connectivity index (χ0) is 20.8. The van der Waals surface area contributed by atoms with Crippen molar-refractivity contribution in [2.45, 2.75) is 20.8 Å². The molecular weight excluding hydrogens is 382 g/mol. The fourth-order valence-corrected chi connectivity index (χ4v) is 3.63. The van der Waals surface area contributed by atoms with Gasteiger partial charge in [-0.25, -0.2) is 0 Å². The van der Waals surface area contributed by atoms with Crippen LogP contribution in [-0.2, 0) is 4.79 Å². The van der Waals surface area contributed by atoms with Crippen LogP contribution < -0.4 is 10.1 Å². The zero-order valence-corrected chi connectivity index (χ0v) is 18.2. The molecule has 0 aromatic heterocycles. The molecular formula is C23H29N3O2S. The summed E-state index contributed by atoms with van der Waals surface area (Å²) in [7, 11) is 0. The van der Waals surface area contributed by atoms with Gasteiger partial charge in [0.05, 0.1) is 0 Å². The van der Waals surface area contributed by atoms with Crippen molar-refractivity contribution in [3.8, 4) is 5.75 Å². The summed E-state index contributed by atoms with van der Waals surface area (Å²) in [6.07, 6.45) is 0. The number of benzene rings is 2. The Labute approximate surface area is 178 Å². The molecule has 2 aromatic carbocycles.